The molecule has 1 aliphatic heterocycles. The maximum absolute atomic E-state index is 12.3. The minimum atomic E-state index is -0.487. The summed E-state index contributed by atoms with van der Waals surface area (Å²) in [7, 11) is 0. The lowest BCUT2D eigenvalue weighted by atomic mass is 10.1. The van der Waals surface area contributed by atoms with E-state index < -0.39 is 5.97 Å². The van der Waals surface area contributed by atoms with Crippen molar-refractivity contribution < 1.29 is 9.53 Å². The summed E-state index contributed by atoms with van der Waals surface area (Å²) in [5, 5.41) is 2.00. The summed E-state index contributed by atoms with van der Waals surface area (Å²) in [5.74, 6) is -0.261. The zero-order valence-electron chi connectivity index (χ0n) is 15.9. The standard InChI is InChI=1S/C22H18Cl2N2O2S/c1-3-26(4-2)15-8-5-13(6-9-15)11-17-22(27)28-21(25-17)20-19(24)16-10-7-14(23)12-18(16)29-20/h5-12H,3-4H2,1-2H3/b17-11-. The Kier molecular flexibility index (Phi) is 5.63. The summed E-state index contributed by atoms with van der Waals surface area (Å²) < 4.78 is 6.31. The Balaban J connectivity index is 1.65. The van der Waals surface area contributed by atoms with Crippen molar-refractivity contribution in [2.75, 3.05) is 18.0 Å². The highest BCUT2D eigenvalue weighted by Gasteiger charge is 2.28. The Morgan fingerprint density at radius 2 is 1.83 bits per heavy atom. The lowest BCUT2D eigenvalue weighted by Crippen LogP contribution is -2.21. The van der Waals surface area contributed by atoms with Crippen LogP contribution in [0.4, 0.5) is 5.69 Å². The molecular weight excluding hydrogens is 427 g/mol. The third-order valence-electron chi connectivity index (χ3n) is 4.73. The number of carbonyl (C=O) groups excluding carboxylic acids is 1. The van der Waals surface area contributed by atoms with Gasteiger partial charge in [0, 0.05) is 33.9 Å². The molecule has 1 aliphatic rings. The van der Waals surface area contributed by atoms with Gasteiger partial charge in [-0.15, -0.1) is 11.3 Å². The molecule has 0 bridgehead atoms. The van der Waals surface area contributed by atoms with Crippen molar-refractivity contribution in [1.29, 1.82) is 0 Å². The number of carbonyl (C=O) groups is 1. The van der Waals surface area contributed by atoms with Crippen LogP contribution in [0.1, 0.15) is 24.3 Å². The van der Waals surface area contributed by atoms with E-state index in [1.165, 1.54) is 11.3 Å². The topological polar surface area (TPSA) is 41.9 Å². The van der Waals surface area contributed by atoms with Crippen LogP contribution in [0.15, 0.2) is 53.2 Å². The van der Waals surface area contributed by atoms with Crippen molar-refractivity contribution in [2.45, 2.75) is 13.8 Å². The highest BCUT2D eigenvalue weighted by Crippen LogP contribution is 2.38. The van der Waals surface area contributed by atoms with E-state index in [9.17, 15) is 4.79 Å². The number of ether oxygens (including phenoxy) is 1. The zero-order valence-corrected chi connectivity index (χ0v) is 18.2. The summed E-state index contributed by atoms with van der Waals surface area (Å²) >= 11 is 14.0. The molecule has 7 heteroatoms. The van der Waals surface area contributed by atoms with Crippen LogP contribution < -0.4 is 4.90 Å². The van der Waals surface area contributed by atoms with Gasteiger partial charge in [0.15, 0.2) is 5.70 Å². The summed E-state index contributed by atoms with van der Waals surface area (Å²) in [6, 6.07) is 13.5. The number of cyclic esters (lactones) is 1. The molecule has 0 spiro atoms. The van der Waals surface area contributed by atoms with Crippen LogP contribution >= 0.6 is 34.5 Å². The molecule has 0 aliphatic carbocycles. The Hall–Kier alpha value is -2.34. The Morgan fingerprint density at radius 3 is 2.52 bits per heavy atom. The van der Waals surface area contributed by atoms with Gasteiger partial charge in [-0.25, -0.2) is 9.79 Å². The van der Waals surface area contributed by atoms with E-state index in [4.69, 9.17) is 27.9 Å². The van der Waals surface area contributed by atoms with E-state index in [0.29, 0.717) is 14.9 Å². The molecule has 2 aromatic carbocycles. The van der Waals surface area contributed by atoms with Gasteiger partial charge in [0.05, 0.1) is 5.02 Å². The third-order valence-corrected chi connectivity index (χ3v) is 6.61. The molecule has 3 aromatic rings. The van der Waals surface area contributed by atoms with Gasteiger partial charge >= 0.3 is 5.97 Å². The second-order valence-corrected chi connectivity index (χ2v) is 8.35. The summed E-state index contributed by atoms with van der Waals surface area (Å²) in [6.45, 7) is 6.13. The van der Waals surface area contributed by atoms with Gasteiger partial charge in [0.2, 0.25) is 5.90 Å². The van der Waals surface area contributed by atoms with Gasteiger partial charge in [-0.1, -0.05) is 41.4 Å². The predicted octanol–water partition coefficient (Wildman–Crippen LogP) is 6.40. The number of anilines is 1. The second-order valence-electron chi connectivity index (χ2n) is 6.49. The highest BCUT2D eigenvalue weighted by molar-refractivity contribution is 7.21. The maximum Gasteiger partial charge on any atom is 0.363 e. The van der Waals surface area contributed by atoms with E-state index in [-0.39, 0.29) is 11.6 Å². The van der Waals surface area contributed by atoms with Gasteiger partial charge < -0.3 is 9.64 Å². The Bertz CT molecular complexity index is 1150. The van der Waals surface area contributed by atoms with E-state index in [1.54, 1.807) is 12.1 Å². The average Bonchev–Trinajstić information content (AvgIpc) is 3.23. The number of benzene rings is 2. The smallest absolute Gasteiger partial charge is 0.363 e. The minimum Gasteiger partial charge on any atom is -0.401 e. The lowest BCUT2D eigenvalue weighted by molar-refractivity contribution is -0.129. The third kappa shape index (κ3) is 3.90. The monoisotopic (exact) mass is 444 g/mol. The van der Waals surface area contributed by atoms with E-state index in [2.05, 4.69) is 23.7 Å². The van der Waals surface area contributed by atoms with Gasteiger partial charge in [0.1, 0.15) is 4.88 Å². The van der Waals surface area contributed by atoms with Crippen LogP contribution in [0.3, 0.4) is 0 Å². The number of aliphatic imine (C=N–C) groups is 1. The van der Waals surface area contributed by atoms with Crippen molar-refractivity contribution in [1.82, 2.24) is 0 Å². The Morgan fingerprint density at radius 1 is 1.10 bits per heavy atom. The van der Waals surface area contributed by atoms with Crippen LogP contribution in [0.25, 0.3) is 16.2 Å². The van der Waals surface area contributed by atoms with Crippen LogP contribution in [0.2, 0.25) is 10.0 Å². The molecule has 0 saturated heterocycles. The molecule has 0 fully saturated rings. The fourth-order valence-corrected chi connectivity index (χ4v) is 4.93. The molecule has 0 radical (unpaired) electrons. The van der Waals surface area contributed by atoms with E-state index in [1.807, 2.05) is 36.4 Å². The van der Waals surface area contributed by atoms with Crippen molar-refractivity contribution in [3.05, 3.63) is 68.6 Å². The SMILES string of the molecule is CCN(CC)c1ccc(/C=C2\N=C(c3sc4cc(Cl)ccc4c3Cl)OC2=O)cc1. The van der Waals surface area contributed by atoms with Crippen molar-refractivity contribution in [3.8, 4) is 0 Å². The number of nitrogens with zero attached hydrogens (tertiary/aromatic N) is 2. The van der Waals surface area contributed by atoms with Gasteiger partial charge in [0.25, 0.3) is 0 Å². The first-order valence-electron chi connectivity index (χ1n) is 9.25. The number of rotatable bonds is 5. The summed E-state index contributed by atoms with van der Waals surface area (Å²) in [5.41, 5.74) is 2.28. The second kappa shape index (κ2) is 8.19. The largest absolute Gasteiger partial charge is 0.401 e. The van der Waals surface area contributed by atoms with Crippen LogP contribution in [-0.2, 0) is 9.53 Å². The molecule has 2 heterocycles. The normalized spacial score (nSPS) is 15.1. The first kappa shape index (κ1) is 20.0. The van der Waals surface area contributed by atoms with Crippen LogP contribution in [-0.4, -0.2) is 25.0 Å². The van der Waals surface area contributed by atoms with Crippen molar-refractivity contribution in [3.63, 3.8) is 0 Å². The van der Waals surface area contributed by atoms with Crippen molar-refractivity contribution >= 4 is 68.3 Å². The Labute approximate surface area is 183 Å². The number of thiophene rings is 1. The molecule has 0 unspecified atom stereocenters. The molecule has 148 valence electrons. The molecular formula is C22H18Cl2N2O2S. The number of hydrogen-bond acceptors (Lipinski definition) is 5. The summed E-state index contributed by atoms with van der Waals surface area (Å²) in [4.78, 5) is 19.6. The molecule has 4 rings (SSSR count). The van der Waals surface area contributed by atoms with Crippen LogP contribution in [0.5, 0.6) is 0 Å². The fourth-order valence-electron chi connectivity index (χ4n) is 3.21. The van der Waals surface area contributed by atoms with Gasteiger partial charge in [-0.05, 0) is 49.8 Å². The molecule has 0 N–H and O–H groups in total. The zero-order chi connectivity index (χ0) is 20.5. The quantitative estimate of drug-likeness (QED) is 0.337. The summed E-state index contributed by atoms with van der Waals surface area (Å²) in [6.07, 6.45) is 1.72. The number of hydrogen-bond donors (Lipinski definition) is 0. The molecule has 0 atom stereocenters. The predicted molar refractivity (Wildman–Crippen MR) is 122 cm³/mol. The molecule has 1 aromatic heterocycles. The fraction of sp³-hybridized carbons (Fsp3) is 0.182. The highest BCUT2D eigenvalue weighted by atomic mass is 35.5. The molecule has 4 nitrogen and oxygen atoms in total. The first-order valence-corrected chi connectivity index (χ1v) is 10.8. The first-order chi connectivity index (χ1) is 14.0. The van der Waals surface area contributed by atoms with Gasteiger partial charge in [-0.3, -0.25) is 0 Å². The lowest BCUT2D eigenvalue weighted by Gasteiger charge is -2.20. The molecule has 0 amide bonds. The number of fused-ring (bicyclic) bond motifs is 1. The maximum atomic E-state index is 12.3. The molecule has 29 heavy (non-hydrogen) atoms. The van der Waals surface area contributed by atoms with E-state index >= 15 is 0 Å². The van der Waals surface area contributed by atoms with E-state index in [0.717, 1.165) is 34.4 Å². The minimum absolute atomic E-state index is 0.225. The number of halogens is 2. The number of esters is 1. The average molecular weight is 445 g/mol. The van der Waals surface area contributed by atoms with Gasteiger partial charge in [-0.2, -0.15) is 0 Å². The molecule has 0 saturated carbocycles. The van der Waals surface area contributed by atoms with Crippen LogP contribution in [0, 0.1) is 0 Å². The van der Waals surface area contributed by atoms with Crippen molar-refractivity contribution in [2.24, 2.45) is 4.99 Å².